The molecular formula is C14H23N5. The number of aryl methyl sites for hydroxylation is 2. The Labute approximate surface area is 114 Å². The average molecular weight is 261 g/mol. The lowest BCUT2D eigenvalue weighted by molar-refractivity contribution is 0.237. The number of nitrogens with zero attached hydrogens (tertiary/aromatic N) is 4. The van der Waals surface area contributed by atoms with Crippen LogP contribution in [0.2, 0.25) is 0 Å². The van der Waals surface area contributed by atoms with E-state index in [9.17, 15) is 0 Å². The van der Waals surface area contributed by atoms with Crippen LogP contribution < -0.4 is 10.2 Å². The molecule has 2 aliphatic rings. The SMILES string of the molecule is Cc1nnc(N2CCNCC23CCCCC3)nc1C. The van der Waals surface area contributed by atoms with Gasteiger partial charge in [0.05, 0.1) is 16.9 Å². The molecule has 3 rings (SSSR count). The molecular weight excluding hydrogens is 238 g/mol. The molecule has 1 aliphatic carbocycles. The maximum Gasteiger partial charge on any atom is 0.246 e. The number of hydrogen-bond acceptors (Lipinski definition) is 5. The lowest BCUT2D eigenvalue weighted by atomic mass is 9.79. The van der Waals surface area contributed by atoms with E-state index in [4.69, 9.17) is 0 Å². The number of hydrogen-bond donors (Lipinski definition) is 1. The third-order valence-electron chi connectivity index (χ3n) is 4.65. The molecule has 5 heteroatoms. The van der Waals surface area contributed by atoms with Crippen LogP contribution in [-0.4, -0.2) is 40.4 Å². The van der Waals surface area contributed by atoms with E-state index < -0.39 is 0 Å². The molecule has 0 radical (unpaired) electrons. The summed E-state index contributed by atoms with van der Waals surface area (Å²) in [5, 5.41) is 12.2. The van der Waals surface area contributed by atoms with Crippen molar-refractivity contribution in [3.05, 3.63) is 11.4 Å². The van der Waals surface area contributed by atoms with E-state index in [0.717, 1.165) is 37.0 Å². The second-order valence-electron chi connectivity index (χ2n) is 5.90. The van der Waals surface area contributed by atoms with E-state index in [1.54, 1.807) is 0 Å². The van der Waals surface area contributed by atoms with E-state index in [2.05, 4.69) is 25.4 Å². The summed E-state index contributed by atoms with van der Waals surface area (Å²) in [7, 11) is 0. The van der Waals surface area contributed by atoms with Gasteiger partial charge >= 0.3 is 0 Å². The first kappa shape index (κ1) is 12.8. The van der Waals surface area contributed by atoms with Crippen molar-refractivity contribution in [2.45, 2.75) is 51.5 Å². The zero-order valence-electron chi connectivity index (χ0n) is 11.9. The predicted molar refractivity (Wildman–Crippen MR) is 75.3 cm³/mol. The molecule has 1 aromatic rings. The highest BCUT2D eigenvalue weighted by atomic mass is 15.4. The molecule has 1 aliphatic heterocycles. The highest BCUT2D eigenvalue weighted by Crippen LogP contribution is 2.36. The minimum atomic E-state index is 0.222. The molecule has 2 fully saturated rings. The summed E-state index contributed by atoms with van der Waals surface area (Å²) in [6.45, 7) is 7.04. The first-order valence-corrected chi connectivity index (χ1v) is 7.38. The Balaban J connectivity index is 1.93. The molecule has 1 saturated carbocycles. The van der Waals surface area contributed by atoms with Crippen LogP contribution in [0.4, 0.5) is 5.95 Å². The molecule has 0 unspecified atom stereocenters. The van der Waals surface area contributed by atoms with Gasteiger partial charge in [-0.15, -0.1) is 5.10 Å². The van der Waals surface area contributed by atoms with Gasteiger partial charge in [-0.1, -0.05) is 19.3 Å². The Morgan fingerprint density at radius 1 is 1.05 bits per heavy atom. The molecule has 2 heterocycles. The molecule has 0 bridgehead atoms. The van der Waals surface area contributed by atoms with Crippen molar-refractivity contribution in [3.8, 4) is 0 Å². The van der Waals surface area contributed by atoms with E-state index in [0.29, 0.717) is 0 Å². The van der Waals surface area contributed by atoms with E-state index >= 15 is 0 Å². The smallest absolute Gasteiger partial charge is 0.246 e. The van der Waals surface area contributed by atoms with Crippen LogP contribution in [0.1, 0.15) is 43.5 Å². The average Bonchev–Trinajstić information content (AvgIpc) is 2.44. The van der Waals surface area contributed by atoms with Crippen LogP contribution in [0.5, 0.6) is 0 Å². The summed E-state index contributed by atoms with van der Waals surface area (Å²) < 4.78 is 0. The number of rotatable bonds is 1. The largest absolute Gasteiger partial charge is 0.331 e. The van der Waals surface area contributed by atoms with Crippen LogP contribution in [0.3, 0.4) is 0 Å². The molecule has 0 amide bonds. The molecule has 1 spiro atoms. The first-order chi connectivity index (χ1) is 9.21. The lowest BCUT2D eigenvalue weighted by Gasteiger charge is -2.49. The van der Waals surface area contributed by atoms with Gasteiger partial charge in [-0.2, -0.15) is 5.10 Å². The Morgan fingerprint density at radius 2 is 1.84 bits per heavy atom. The van der Waals surface area contributed by atoms with Gasteiger partial charge in [-0.05, 0) is 26.7 Å². The van der Waals surface area contributed by atoms with Crippen LogP contribution in [0.25, 0.3) is 0 Å². The molecule has 0 atom stereocenters. The minimum absolute atomic E-state index is 0.222. The fraction of sp³-hybridized carbons (Fsp3) is 0.786. The number of aromatic nitrogens is 3. The monoisotopic (exact) mass is 261 g/mol. The van der Waals surface area contributed by atoms with E-state index in [1.165, 1.54) is 32.1 Å². The van der Waals surface area contributed by atoms with Crippen molar-refractivity contribution < 1.29 is 0 Å². The van der Waals surface area contributed by atoms with Crippen molar-refractivity contribution in [1.29, 1.82) is 0 Å². The molecule has 104 valence electrons. The standard InChI is InChI=1S/C14H23N5/c1-11-12(2)17-18-13(16-11)19-9-8-15-10-14(19)6-4-3-5-7-14/h15H,3-10H2,1-2H3. The van der Waals surface area contributed by atoms with Crippen molar-refractivity contribution in [1.82, 2.24) is 20.5 Å². The van der Waals surface area contributed by atoms with Gasteiger partial charge in [-0.25, -0.2) is 4.98 Å². The summed E-state index contributed by atoms with van der Waals surface area (Å²) in [5.74, 6) is 0.825. The van der Waals surface area contributed by atoms with Gasteiger partial charge in [0.2, 0.25) is 5.95 Å². The third kappa shape index (κ3) is 2.31. The van der Waals surface area contributed by atoms with Crippen molar-refractivity contribution >= 4 is 5.95 Å². The van der Waals surface area contributed by atoms with Gasteiger partial charge < -0.3 is 10.2 Å². The van der Waals surface area contributed by atoms with Gasteiger partial charge in [-0.3, -0.25) is 0 Å². The van der Waals surface area contributed by atoms with Gasteiger partial charge in [0, 0.05) is 19.6 Å². The van der Waals surface area contributed by atoms with Crippen molar-refractivity contribution in [3.63, 3.8) is 0 Å². The van der Waals surface area contributed by atoms with Crippen LogP contribution >= 0.6 is 0 Å². The summed E-state index contributed by atoms with van der Waals surface area (Å²) in [6, 6.07) is 0. The molecule has 1 N–H and O–H groups in total. The van der Waals surface area contributed by atoms with Gasteiger partial charge in [0.25, 0.3) is 0 Å². The fourth-order valence-electron chi connectivity index (χ4n) is 3.37. The Bertz CT molecular complexity index is 445. The van der Waals surface area contributed by atoms with Gasteiger partial charge in [0.1, 0.15) is 0 Å². The van der Waals surface area contributed by atoms with Crippen molar-refractivity contribution in [2.75, 3.05) is 24.5 Å². The van der Waals surface area contributed by atoms with Gasteiger partial charge in [0.15, 0.2) is 0 Å². The number of piperazine rings is 1. The first-order valence-electron chi connectivity index (χ1n) is 7.38. The fourth-order valence-corrected chi connectivity index (χ4v) is 3.37. The van der Waals surface area contributed by atoms with Crippen LogP contribution in [0, 0.1) is 13.8 Å². The highest BCUT2D eigenvalue weighted by molar-refractivity contribution is 5.37. The number of nitrogens with one attached hydrogen (secondary N) is 1. The maximum absolute atomic E-state index is 4.67. The zero-order chi connectivity index (χ0) is 13.3. The Morgan fingerprint density at radius 3 is 2.58 bits per heavy atom. The summed E-state index contributed by atoms with van der Waals surface area (Å²) in [5.41, 5.74) is 2.14. The van der Waals surface area contributed by atoms with E-state index in [-0.39, 0.29) is 5.54 Å². The summed E-state index contributed by atoms with van der Waals surface area (Å²) in [4.78, 5) is 7.09. The molecule has 19 heavy (non-hydrogen) atoms. The van der Waals surface area contributed by atoms with Crippen molar-refractivity contribution in [2.24, 2.45) is 0 Å². The maximum atomic E-state index is 4.67. The second kappa shape index (κ2) is 5.04. The zero-order valence-corrected chi connectivity index (χ0v) is 11.9. The normalized spacial score (nSPS) is 22.7. The van der Waals surface area contributed by atoms with Crippen LogP contribution in [-0.2, 0) is 0 Å². The molecule has 1 saturated heterocycles. The van der Waals surface area contributed by atoms with E-state index in [1.807, 2.05) is 13.8 Å². The third-order valence-corrected chi connectivity index (χ3v) is 4.65. The Hall–Kier alpha value is -1.23. The summed E-state index contributed by atoms with van der Waals surface area (Å²) >= 11 is 0. The molecule has 5 nitrogen and oxygen atoms in total. The lowest BCUT2D eigenvalue weighted by Crippen LogP contribution is -2.62. The summed E-state index contributed by atoms with van der Waals surface area (Å²) in [6.07, 6.45) is 6.49. The molecule has 0 aromatic carbocycles. The van der Waals surface area contributed by atoms with Crippen LogP contribution in [0.15, 0.2) is 0 Å². The number of anilines is 1. The quantitative estimate of drug-likeness (QED) is 0.832. The minimum Gasteiger partial charge on any atom is -0.331 e. The second-order valence-corrected chi connectivity index (χ2v) is 5.90. The molecule has 1 aromatic heterocycles. The predicted octanol–water partition coefficient (Wildman–Crippen LogP) is 1.60. The topological polar surface area (TPSA) is 53.9 Å². The highest BCUT2D eigenvalue weighted by Gasteiger charge is 2.41. The Kier molecular flexibility index (Phi) is 3.39.